The number of hydrogen-bond acceptors (Lipinski definition) is 3. The van der Waals surface area contributed by atoms with E-state index in [0.717, 1.165) is 4.70 Å². The normalized spacial score (nSPS) is 10.9. The van der Waals surface area contributed by atoms with Crippen molar-refractivity contribution in [3.8, 4) is 10.6 Å². The van der Waals surface area contributed by atoms with Crippen LogP contribution in [-0.4, -0.2) is 21.3 Å². The number of aromatic carboxylic acids is 1. The molecular formula is C12H7FN2O2S. The highest BCUT2D eigenvalue weighted by atomic mass is 32.1. The first-order valence-electron chi connectivity index (χ1n) is 5.12. The van der Waals surface area contributed by atoms with E-state index in [1.54, 1.807) is 18.2 Å². The number of carbonyl (C=O) groups is 1. The van der Waals surface area contributed by atoms with Crippen molar-refractivity contribution in [2.45, 2.75) is 0 Å². The number of fused-ring (bicyclic) bond motifs is 1. The number of aromatic amines is 1. The Morgan fingerprint density at radius 1 is 1.44 bits per heavy atom. The highest BCUT2D eigenvalue weighted by Gasteiger charge is 2.16. The molecule has 0 saturated heterocycles. The molecule has 0 atom stereocenters. The lowest BCUT2D eigenvalue weighted by Crippen LogP contribution is -1.95. The molecule has 1 aromatic carbocycles. The van der Waals surface area contributed by atoms with Crippen molar-refractivity contribution in [2.24, 2.45) is 0 Å². The Morgan fingerprint density at radius 2 is 2.28 bits per heavy atom. The van der Waals surface area contributed by atoms with Gasteiger partial charge in [0.1, 0.15) is 11.4 Å². The zero-order chi connectivity index (χ0) is 12.7. The van der Waals surface area contributed by atoms with Crippen molar-refractivity contribution in [3.63, 3.8) is 0 Å². The van der Waals surface area contributed by atoms with Crippen LogP contribution in [0.1, 0.15) is 10.4 Å². The average molecular weight is 262 g/mol. The molecule has 2 aromatic heterocycles. The number of aromatic nitrogens is 2. The third kappa shape index (κ3) is 1.58. The van der Waals surface area contributed by atoms with Crippen molar-refractivity contribution >= 4 is 27.4 Å². The number of nitrogens with zero attached hydrogens (tertiary/aromatic N) is 1. The van der Waals surface area contributed by atoms with Crippen LogP contribution in [0.2, 0.25) is 0 Å². The molecule has 0 spiro atoms. The second-order valence-electron chi connectivity index (χ2n) is 3.73. The van der Waals surface area contributed by atoms with Gasteiger partial charge in [0.15, 0.2) is 0 Å². The van der Waals surface area contributed by atoms with E-state index in [0.29, 0.717) is 16.0 Å². The van der Waals surface area contributed by atoms with Gasteiger partial charge in [-0.15, -0.1) is 11.3 Å². The Morgan fingerprint density at radius 3 is 3.00 bits per heavy atom. The minimum absolute atomic E-state index is 0.0852. The summed E-state index contributed by atoms with van der Waals surface area (Å²) >= 11 is 1.33. The molecule has 2 N–H and O–H groups in total. The minimum atomic E-state index is -1.06. The number of nitrogens with one attached hydrogen (secondary N) is 1. The number of carboxylic acid groups (broad SMARTS) is 1. The molecule has 0 aliphatic heterocycles. The third-order valence-electron chi connectivity index (χ3n) is 2.62. The Hall–Kier alpha value is -2.21. The highest BCUT2D eigenvalue weighted by molar-refractivity contribution is 7.22. The number of rotatable bonds is 2. The third-order valence-corrected chi connectivity index (χ3v) is 3.74. The van der Waals surface area contributed by atoms with Crippen LogP contribution >= 0.6 is 11.3 Å². The van der Waals surface area contributed by atoms with Gasteiger partial charge in [-0.05, 0) is 18.2 Å². The molecule has 0 fully saturated rings. The van der Waals surface area contributed by atoms with Gasteiger partial charge >= 0.3 is 5.97 Å². The SMILES string of the molecule is O=C(O)c1cn[nH]c1-c1cc2c(F)cccc2s1. The fourth-order valence-corrected chi connectivity index (χ4v) is 2.87. The van der Waals surface area contributed by atoms with Gasteiger partial charge in [0.05, 0.1) is 16.8 Å². The average Bonchev–Trinajstić information content (AvgIpc) is 2.95. The lowest BCUT2D eigenvalue weighted by atomic mass is 10.2. The molecule has 0 aliphatic carbocycles. The molecular weight excluding hydrogens is 255 g/mol. The van der Waals surface area contributed by atoms with Crippen LogP contribution in [0.4, 0.5) is 4.39 Å². The standard InChI is InChI=1S/C12H7FN2O2S/c13-8-2-1-3-9-6(8)4-10(18-9)11-7(12(16)17)5-14-15-11/h1-5H,(H,14,15)(H,16,17). The van der Waals surface area contributed by atoms with Crippen LogP contribution in [0.15, 0.2) is 30.5 Å². The number of H-pyrrole nitrogens is 1. The molecule has 90 valence electrons. The molecule has 2 heterocycles. The molecule has 0 bridgehead atoms. The highest BCUT2D eigenvalue weighted by Crippen LogP contribution is 2.35. The van der Waals surface area contributed by atoms with Crippen LogP contribution in [0.5, 0.6) is 0 Å². The summed E-state index contributed by atoms with van der Waals surface area (Å²) in [4.78, 5) is 11.7. The number of thiophene rings is 1. The van der Waals surface area contributed by atoms with Crippen molar-refractivity contribution < 1.29 is 14.3 Å². The van der Waals surface area contributed by atoms with Crippen molar-refractivity contribution in [1.29, 1.82) is 0 Å². The summed E-state index contributed by atoms with van der Waals surface area (Å²) in [7, 11) is 0. The molecule has 0 aliphatic rings. The lowest BCUT2D eigenvalue weighted by Gasteiger charge is -1.93. The fourth-order valence-electron chi connectivity index (χ4n) is 1.78. The Bertz CT molecular complexity index is 747. The van der Waals surface area contributed by atoms with Gasteiger partial charge in [-0.25, -0.2) is 9.18 Å². The summed E-state index contributed by atoms with van der Waals surface area (Å²) in [5.41, 5.74) is 0.491. The summed E-state index contributed by atoms with van der Waals surface area (Å²) in [5.74, 6) is -1.37. The van der Waals surface area contributed by atoms with Gasteiger partial charge < -0.3 is 5.11 Å². The first-order chi connectivity index (χ1) is 8.66. The van der Waals surface area contributed by atoms with E-state index in [4.69, 9.17) is 5.11 Å². The van der Waals surface area contributed by atoms with E-state index < -0.39 is 5.97 Å². The molecule has 4 nitrogen and oxygen atoms in total. The summed E-state index contributed by atoms with van der Waals surface area (Å²) < 4.78 is 14.3. The second kappa shape index (κ2) is 3.92. The molecule has 0 radical (unpaired) electrons. The maximum Gasteiger partial charge on any atom is 0.339 e. The van der Waals surface area contributed by atoms with Gasteiger partial charge in [-0.1, -0.05) is 6.07 Å². The van der Waals surface area contributed by atoms with E-state index in [-0.39, 0.29) is 11.4 Å². The molecule has 0 unspecified atom stereocenters. The van der Waals surface area contributed by atoms with E-state index in [1.165, 1.54) is 23.6 Å². The Kier molecular flexibility index (Phi) is 2.38. The number of halogens is 1. The van der Waals surface area contributed by atoms with Crippen LogP contribution < -0.4 is 0 Å². The number of carboxylic acids is 1. The first-order valence-corrected chi connectivity index (χ1v) is 5.93. The van der Waals surface area contributed by atoms with E-state index >= 15 is 0 Å². The van der Waals surface area contributed by atoms with E-state index in [9.17, 15) is 9.18 Å². The molecule has 0 saturated carbocycles. The van der Waals surface area contributed by atoms with Gasteiger partial charge in [0.2, 0.25) is 0 Å². The van der Waals surface area contributed by atoms with Crippen LogP contribution in [0.25, 0.3) is 20.7 Å². The van der Waals surface area contributed by atoms with Gasteiger partial charge in [0, 0.05) is 10.1 Å². The smallest absolute Gasteiger partial charge is 0.339 e. The first kappa shape index (κ1) is 10.9. The summed E-state index contributed by atoms with van der Waals surface area (Å²) in [6, 6.07) is 6.44. The maximum atomic E-state index is 13.6. The Balaban J connectivity index is 2.23. The van der Waals surface area contributed by atoms with Gasteiger partial charge in [0.25, 0.3) is 0 Å². The number of hydrogen-bond donors (Lipinski definition) is 2. The molecule has 3 rings (SSSR count). The van der Waals surface area contributed by atoms with Gasteiger partial charge in [-0.3, -0.25) is 5.10 Å². The lowest BCUT2D eigenvalue weighted by molar-refractivity contribution is 0.0698. The zero-order valence-electron chi connectivity index (χ0n) is 8.98. The predicted octanol–water partition coefficient (Wildman–Crippen LogP) is 3.13. The Labute approximate surface area is 105 Å². The largest absolute Gasteiger partial charge is 0.478 e. The quantitative estimate of drug-likeness (QED) is 0.745. The fraction of sp³-hybridized carbons (Fsp3) is 0. The maximum absolute atomic E-state index is 13.6. The zero-order valence-corrected chi connectivity index (χ0v) is 9.79. The van der Waals surface area contributed by atoms with Crippen molar-refractivity contribution in [2.75, 3.05) is 0 Å². The predicted molar refractivity (Wildman–Crippen MR) is 66.3 cm³/mol. The van der Waals surface area contributed by atoms with Crippen LogP contribution in [0.3, 0.4) is 0 Å². The monoisotopic (exact) mass is 262 g/mol. The topological polar surface area (TPSA) is 66.0 Å². The molecule has 3 aromatic rings. The van der Waals surface area contributed by atoms with E-state index in [1.807, 2.05) is 0 Å². The summed E-state index contributed by atoms with van der Waals surface area (Å²) in [5, 5.41) is 15.9. The minimum Gasteiger partial charge on any atom is -0.478 e. The van der Waals surface area contributed by atoms with Crippen molar-refractivity contribution in [3.05, 3.63) is 41.8 Å². The van der Waals surface area contributed by atoms with Crippen LogP contribution in [-0.2, 0) is 0 Å². The van der Waals surface area contributed by atoms with Crippen molar-refractivity contribution in [1.82, 2.24) is 10.2 Å². The van der Waals surface area contributed by atoms with E-state index in [2.05, 4.69) is 10.2 Å². The summed E-state index contributed by atoms with van der Waals surface area (Å²) in [6.07, 6.45) is 1.25. The summed E-state index contributed by atoms with van der Waals surface area (Å²) in [6.45, 7) is 0. The molecule has 6 heteroatoms. The number of benzene rings is 1. The molecule has 0 amide bonds. The molecule has 18 heavy (non-hydrogen) atoms. The second-order valence-corrected chi connectivity index (χ2v) is 4.81. The van der Waals surface area contributed by atoms with Crippen LogP contribution in [0, 0.1) is 5.82 Å². The van der Waals surface area contributed by atoms with Gasteiger partial charge in [-0.2, -0.15) is 5.10 Å².